The molecule has 0 radical (unpaired) electrons. The van der Waals surface area contributed by atoms with Crippen LogP contribution in [-0.4, -0.2) is 17.1 Å². The molecule has 4 aromatic rings. The summed E-state index contributed by atoms with van der Waals surface area (Å²) >= 11 is 7.54. The van der Waals surface area contributed by atoms with Crippen LogP contribution in [0.15, 0.2) is 105 Å². The second kappa shape index (κ2) is 9.97. The molecule has 1 aliphatic heterocycles. The molecule has 3 heterocycles. The maximum absolute atomic E-state index is 13.6. The average molecular weight is 517 g/mol. The molecule has 0 amide bonds. The lowest BCUT2D eigenvalue weighted by atomic mass is 9.96. The van der Waals surface area contributed by atoms with Crippen molar-refractivity contribution in [1.82, 2.24) is 4.57 Å². The van der Waals surface area contributed by atoms with Crippen molar-refractivity contribution in [2.75, 3.05) is 6.61 Å². The van der Waals surface area contributed by atoms with E-state index in [-0.39, 0.29) is 12.2 Å². The van der Waals surface area contributed by atoms with Gasteiger partial charge >= 0.3 is 5.97 Å². The summed E-state index contributed by atoms with van der Waals surface area (Å²) in [4.78, 5) is 31.7. The molecule has 2 aromatic heterocycles. The predicted molar refractivity (Wildman–Crippen MR) is 141 cm³/mol. The zero-order chi connectivity index (χ0) is 25.2. The van der Waals surface area contributed by atoms with E-state index in [1.807, 2.05) is 54.6 Å². The molecule has 5 rings (SSSR count). The Morgan fingerprint density at radius 1 is 1.17 bits per heavy atom. The highest BCUT2D eigenvalue weighted by atomic mass is 35.5. The first-order chi connectivity index (χ1) is 17.5. The van der Waals surface area contributed by atoms with Gasteiger partial charge in [-0.15, -0.1) is 0 Å². The molecule has 2 aromatic carbocycles. The molecule has 0 spiro atoms. The minimum Gasteiger partial charge on any atom is -0.458 e. The fourth-order valence-electron chi connectivity index (χ4n) is 4.11. The SMILES string of the molecule is C=CCOC(=O)C1=C(C)N=c2s/c(=C\c3ccc(-c4ccccc4Cl)o3)c(=O)n2[C@@H]1c1ccccc1. The molecular formula is C28H21ClN2O4S. The number of rotatable bonds is 6. The largest absolute Gasteiger partial charge is 0.458 e. The number of nitrogens with zero attached hydrogens (tertiary/aromatic N) is 2. The Balaban J connectivity index is 1.63. The van der Waals surface area contributed by atoms with E-state index in [2.05, 4.69) is 11.6 Å². The van der Waals surface area contributed by atoms with Gasteiger partial charge in [0.2, 0.25) is 0 Å². The first-order valence-corrected chi connectivity index (χ1v) is 12.4. The van der Waals surface area contributed by atoms with Crippen molar-refractivity contribution in [3.8, 4) is 11.3 Å². The second-order valence-electron chi connectivity index (χ2n) is 8.06. The molecule has 0 aliphatic carbocycles. The molecule has 0 fully saturated rings. The van der Waals surface area contributed by atoms with Crippen molar-refractivity contribution < 1.29 is 13.9 Å². The minimum atomic E-state index is -0.669. The van der Waals surface area contributed by atoms with Crippen molar-refractivity contribution >= 4 is 35.0 Å². The Labute approximate surface area is 215 Å². The topological polar surface area (TPSA) is 73.8 Å². The van der Waals surface area contributed by atoms with Gasteiger partial charge in [0, 0.05) is 11.6 Å². The molecule has 1 aliphatic rings. The van der Waals surface area contributed by atoms with Gasteiger partial charge in [-0.25, -0.2) is 9.79 Å². The van der Waals surface area contributed by atoms with Crippen molar-refractivity contribution in [2.45, 2.75) is 13.0 Å². The Morgan fingerprint density at radius 2 is 1.92 bits per heavy atom. The highest BCUT2D eigenvalue weighted by molar-refractivity contribution is 7.07. The fraction of sp³-hybridized carbons (Fsp3) is 0.107. The Hall–Kier alpha value is -3.94. The van der Waals surface area contributed by atoms with E-state index < -0.39 is 12.0 Å². The summed E-state index contributed by atoms with van der Waals surface area (Å²) in [5.41, 5.74) is 2.10. The van der Waals surface area contributed by atoms with E-state index in [9.17, 15) is 9.59 Å². The number of furan rings is 1. The summed E-state index contributed by atoms with van der Waals surface area (Å²) in [6.07, 6.45) is 3.18. The molecule has 0 N–H and O–H groups in total. The number of hydrogen-bond acceptors (Lipinski definition) is 6. The maximum Gasteiger partial charge on any atom is 0.338 e. The maximum atomic E-state index is 13.6. The summed E-state index contributed by atoms with van der Waals surface area (Å²) in [6, 6.07) is 19.7. The number of ether oxygens (including phenoxy) is 1. The smallest absolute Gasteiger partial charge is 0.338 e. The van der Waals surface area contributed by atoms with E-state index in [1.54, 1.807) is 29.7 Å². The van der Waals surface area contributed by atoms with Crippen molar-refractivity contribution in [2.24, 2.45) is 4.99 Å². The summed E-state index contributed by atoms with van der Waals surface area (Å²) in [5, 5.41) is 0.576. The van der Waals surface area contributed by atoms with Crippen molar-refractivity contribution in [1.29, 1.82) is 0 Å². The van der Waals surface area contributed by atoms with Gasteiger partial charge in [0.05, 0.1) is 26.9 Å². The van der Waals surface area contributed by atoms with Gasteiger partial charge in [-0.3, -0.25) is 9.36 Å². The molecule has 0 saturated carbocycles. The number of benzene rings is 2. The minimum absolute atomic E-state index is 0.0633. The molecule has 0 bridgehead atoms. The highest BCUT2D eigenvalue weighted by Gasteiger charge is 2.33. The van der Waals surface area contributed by atoms with Crippen LogP contribution in [0.1, 0.15) is 24.3 Å². The molecule has 0 unspecified atom stereocenters. The van der Waals surface area contributed by atoms with Crippen LogP contribution in [0.2, 0.25) is 5.02 Å². The number of halogens is 1. The van der Waals surface area contributed by atoms with E-state index in [0.717, 1.165) is 11.1 Å². The number of carbonyl (C=O) groups is 1. The Kier molecular flexibility index (Phi) is 6.59. The normalized spacial score (nSPS) is 15.4. The van der Waals surface area contributed by atoms with Gasteiger partial charge in [-0.2, -0.15) is 0 Å². The van der Waals surface area contributed by atoms with Gasteiger partial charge in [0.15, 0.2) is 4.80 Å². The van der Waals surface area contributed by atoms with Crippen LogP contribution in [-0.2, 0) is 9.53 Å². The first kappa shape index (κ1) is 23.8. The Bertz CT molecular complexity index is 1680. The van der Waals surface area contributed by atoms with Gasteiger partial charge in [0.1, 0.15) is 18.1 Å². The van der Waals surface area contributed by atoms with E-state index in [4.69, 9.17) is 20.8 Å². The zero-order valence-electron chi connectivity index (χ0n) is 19.3. The predicted octanol–water partition coefficient (Wildman–Crippen LogP) is 4.88. The average Bonchev–Trinajstić information content (AvgIpc) is 3.47. The number of aromatic nitrogens is 1. The van der Waals surface area contributed by atoms with Crippen molar-refractivity contribution in [3.05, 3.63) is 127 Å². The standard InChI is InChI=1S/C28H21ClN2O4S/c1-3-15-34-27(33)24-17(2)30-28-31(25(24)18-9-5-4-6-10-18)26(32)23(36-28)16-19-13-14-22(35-19)20-11-7-8-12-21(20)29/h3-14,16,25H,1,15H2,2H3/b23-16-/t25-/m1/s1. The molecule has 36 heavy (non-hydrogen) atoms. The van der Waals surface area contributed by atoms with E-state index >= 15 is 0 Å². The molecule has 6 nitrogen and oxygen atoms in total. The lowest BCUT2D eigenvalue weighted by molar-refractivity contribution is -0.138. The number of carbonyl (C=O) groups excluding carboxylic acids is 1. The number of esters is 1. The van der Waals surface area contributed by atoms with Crippen LogP contribution in [0.5, 0.6) is 0 Å². The number of hydrogen-bond donors (Lipinski definition) is 0. The summed E-state index contributed by atoms with van der Waals surface area (Å²) < 4.78 is 13.3. The lowest BCUT2D eigenvalue weighted by Crippen LogP contribution is -2.39. The molecule has 0 saturated heterocycles. The quantitative estimate of drug-likeness (QED) is 0.270. The van der Waals surface area contributed by atoms with E-state index in [1.165, 1.54) is 17.4 Å². The van der Waals surface area contributed by atoms with Crippen molar-refractivity contribution in [3.63, 3.8) is 0 Å². The Morgan fingerprint density at radius 3 is 2.67 bits per heavy atom. The summed E-state index contributed by atoms with van der Waals surface area (Å²) in [6.45, 7) is 5.42. The third kappa shape index (κ3) is 4.39. The van der Waals surface area contributed by atoms with Gasteiger partial charge in [-0.05, 0) is 36.8 Å². The molecule has 1 atom stereocenters. The number of fused-ring (bicyclic) bond motifs is 1. The fourth-order valence-corrected chi connectivity index (χ4v) is 5.37. The van der Waals surface area contributed by atoms with Gasteiger partial charge in [-0.1, -0.05) is 78.1 Å². The monoisotopic (exact) mass is 516 g/mol. The van der Waals surface area contributed by atoms with Crippen LogP contribution in [0.3, 0.4) is 0 Å². The summed E-state index contributed by atoms with van der Waals surface area (Å²) in [7, 11) is 0. The van der Waals surface area contributed by atoms with Crippen LogP contribution < -0.4 is 14.9 Å². The zero-order valence-corrected chi connectivity index (χ0v) is 20.9. The van der Waals surface area contributed by atoms with Gasteiger partial charge < -0.3 is 9.15 Å². The summed E-state index contributed by atoms with van der Waals surface area (Å²) in [5.74, 6) is 0.576. The van der Waals surface area contributed by atoms with Crippen LogP contribution in [0.25, 0.3) is 17.4 Å². The van der Waals surface area contributed by atoms with Crippen LogP contribution in [0.4, 0.5) is 0 Å². The number of thiazole rings is 1. The number of allylic oxidation sites excluding steroid dienone is 1. The first-order valence-electron chi connectivity index (χ1n) is 11.2. The molecule has 8 heteroatoms. The molecule has 180 valence electrons. The van der Waals surface area contributed by atoms with Crippen LogP contribution in [0, 0.1) is 0 Å². The highest BCUT2D eigenvalue weighted by Crippen LogP contribution is 2.31. The lowest BCUT2D eigenvalue weighted by Gasteiger charge is -2.24. The third-order valence-corrected chi connectivity index (χ3v) is 7.04. The van der Waals surface area contributed by atoms with Gasteiger partial charge in [0.25, 0.3) is 5.56 Å². The third-order valence-electron chi connectivity index (χ3n) is 5.73. The van der Waals surface area contributed by atoms with E-state index in [0.29, 0.717) is 37.1 Å². The second-order valence-corrected chi connectivity index (χ2v) is 9.48. The molecular weight excluding hydrogens is 496 g/mol. The van der Waals surface area contributed by atoms with Crippen LogP contribution >= 0.6 is 22.9 Å².